The third-order valence-electron chi connectivity index (χ3n) is 3.66. The van der Waals surface area contributed by atoms with Gasteiger partial charge in [-0.25, -0.2) is 9.67 Å². The van der Waals surface area contributed by atoms with Gasteiger partial charge in [0.15, 0.2) is 0 Å². The van der Waals surface area contributed by atoms with Crippen molar-refractivity contribution in [2.24, 2.45) is 0 Å². The summed E-state index contributed by atoms with van der Waals surface area (Å²) in [6.07, 6.45) is 4.54. The quantitative estimate of drug-likeness (QED) is 0.718. The van der Waals surface area contributed by atoms with E-state index >= 15 is 0 Å². The van der Waals surface area contributed by atoms with Crippen LogP contribution in [0.25, 0.3) is 5.69 Å². The first-order valence-corrected chi connectivity index (χ1v) is 7.68. The number of benzene rings is 1. The van der Waals surface area contributed by atoms with E-state index < -0.39 is 0 Å². The average Bonchev–Trinajstić information content (AvgIpc) is 3.16. The van der Waals surface area contributed by atoms with Gasteiger partial charge >= 0.3 is 0 Å². The Morgan fingerprint density at radius 3 is 2.50 bits per heavy atom. The molecule has 120 valence electrons. The summed E-state index contributed by atoms with van der Waals surface area (Å²) in [4.78, 5) is 3.91. The van der Waals surface area contributed by atoms with Crippen LogP contribution in [0, 0.1) is 11.3 Å². The monoisotopic (exact) mass is 320 g/mol. The lowest BCUT2D eigenvalue weighted by Crippen LogP contribution is -2.05. The first-order chi connectivity index (χ1) is 11.8. The summed E-state index contributed by atoms with van der Waals surface area (Å²) in [6.45, 7) is 3.99. The first-order valence-electron chi connectivity index (χ1n) is 7.68. The van der Waals surface area contributed by atoms with Crippen molar-refractivity contribution in [1.29, 1.82) is 5.26 Å². The standard InChI is InChI=1S/C17H16N6O/c1-3-14-15(9-18)17(22-21-16(14)4-2)24-13-7-5-12(6-8-13)23-11-19-10-20-23/h5-8,10-11H,3-4H2,1-2H3. The zero-order chi connectivity index (χ0) is 16.9. The molecule has 0 saturated heterocycles. The molecule has 0 fully saturated rings. The van der Waals surface area contributed by atoms with Crippen LogP contribution in [-0.2, 0) is 12.8 Å². The molecule has 7 nitrogen and oxygen atoms in total. The van der Waals surface area contributed by atoms with Gasteiger partial charge in [0.05, 0.1) is 11.4 Å². The van der Waals surface area contributed by atoms with E-state index in [1.807, 2.05) is 26.0 Å². The SMILES string of the molecule is CCc1nnc(Oc2ccc(-n3cncn3)cc2)c(C#N)c1CC. The molecule has 3 aromatic rings. The Morgan fingerprint density at radius 2 is 1.92 bits per heavy atom. The lowest BCUT2D eigenvalue weighted by molar-refractivity contribution is 0.450. The topological polar surface area (TPSA) is 89.5 Å². The minimum Gasteiger partial charge on any atom is -0.437 e. The van der Waals surface area contributed by atoms with Gasteiger partial charge < -0.3 is 4.74 Å². The molecule has 0 bridgehead atoms. The maximum absolute atomic E-state index is 9.48. The number of ether oxygens (including phenoxy) is 1. The molecule has 3 rings (SSSR count). The average molecular weight is 320 g/mol. The first kappa shape index (κ1) is 15.6. The van der Waals surface area contributed by atoms with Crippen LogP contribution in [0.4, 0.5) is 0 Å². The summed E-state index contributed by atoms with van der Waals surface area (Å²) < 4.78 is 7.42. The van der Waals surface area contributed by atoms with Gasteiger partial charge in [-0.15, -0.1) is 5.10 Å². The van der Waals surface area contributed by atoms with Crippen molar-refractivity contribution in [3.05, 3.63) is 53.7 Å². The van der Waals surface area contributed by atoms with Crippen LogP contribution in [-0.4, -0.2) is 25.0 Å². The highest BCUT2D eigenvalue weighted by atomic mass is 16.5. The van der Waals surface area contributed by atoms with Gasteiger partial charge in [0.1, 0.15) is 30.0 Å². The van der Waals surface area contributed by atoms with E-state index in [9.17, 15) is 5.26 Å². The van der Waals surface area contributed by atoms with Crippen molar-refractivity contribution in [2.75, 3.05) is 0 Å². The molecule has 0 amide bonds. The van der Waals surface area contributed by atoms with Crippen LogP contribution in [0.3, 0.4) is 0 Å². The zero-order valence-corrected chi connectivity index (χ0v) is 13.5. The van der Waals surface area contributed by atoms with Gasteiger partial charge in [0, 0.05) is 0 Å². The Bertz CT molecular complexity index is 865. The number of aryl methyl sites for hydroxylation is 1. The Morgan fingerprint density at radius 1 is 1.12 bits per heavy atom. The van der Waals surface area contributed by atoms with E-state index in [0.717, 1.165) is 23.4 Å². The van der Waals surface area contributed by atoms with E-state index in [0.29, 0.717) is 17.7 Å². The molecule has 0 N–H and O–H groups in total. The van der Waals surface area contributed by atoms with Crippen LogP contribution >= 0.6 is 0 Å². The number of aromatic nitrogens is 5. The zero-order valence-electron chi connectivity index (χ0n) is 13.5. The number of nitrogens with zero attached hydrogens (tertiary/aromatic N) is 6. The van der Waals surface area contributed by atoms with Crippen molar-refractivity contribution < 1.29 is 4.74 Å². The highest BCUT2D eigenvalue weighted by Crippen LogP contribution is 2.27. The molecular weight excluding hydrogens is 304 g/mol. The van der Waals surface area contributed by atoms with E-state index in [4.69, 9.17) is 4.74 Å². The molecule has 2 heterocycles. The molecule has 0 unspecified atom stereocenters. The third kappa shape index (κ3) is 2.94. The highest BCUT2D eigenvalue weighted by molar-refractivity contribution is 5.48. The molecule has 7 heteroatoms. The van der Waals surface area contributed by atoms with E-state index in [2.05, 4.69) is 26.3 Å². The van der Waals surface area contributed by atoms with Crippen molar-refractivity contribution in [2.45, 2.75) is 26.7 Å². The summed E-state index contributed by atoms with van der Waals surface area (Å²) >= 11 is 0. The molecule has 0 aliphatic carbocycles. The number of rotatable bonds is 5. The second-order valence-corrected chi connectivity index (χ2v) is 5.06. The fourth-order valence-corrected chi connectivity index (χ4v) is 2.46. The lowest BCUT2D eigenvalue weighted by Gasteiger charge is -2.11. The van der Waals surface area contributed by atoms with Crippen LogP contribution in [0.2, 0.25) is 0 Å². The summed E-state index contributed by atoms with van der Waals surface area (Å²) in [5.41, 5.74) is 3.04. The predicted molar refractivity (Wildman–Crippen MR) is 86.9 cm³/mol. The Balaban J connectivity index is 1.90. The fraction of sp³-hybridized carbons (Fsp3) is 0.235. The lowest BCUT2D eigenvalue weighted by atomic mass is 10.0. The second-order valence-electron chi connectivity index (χ2n) is 5.06. The molecule has 0 spiro atoms. The number of hydrogen-bond donors (Lipinski definition) is 0. The van der Waals surface area contributed by atoms with Crippen molar-refractivity contribution in [3.63, 3.8) is 0 Å². The maximum Gasteiger partial charge on any atom is 0.257 e. The molecule has 24 heavy (non-hydrogen) atoms. The summed E-state index contributed by atoms with van der Waals surface area (Å²) in [5, 5.41) is 21.8. The molecule has 0 aliphatic rings. The highest BCUT2D eigenvalue weighted by Gasteiger charge is 2.16. The van der Waals surface area contributed by atoms with Crippen molar-refractivity contribution in [1.82, 2.24) is 25.0 Å². The normalized spacial score (nSPS) is 10.4. The van der Waals surface area contributed by atoms with Gasteiger partial charge in [-0.1, -0.05) is 13.8 Å². The van der Waals surface area contributed by atoms with E-state index in [1.54, 1.807) is 23.1 Å². The minimum atomic E-state index is 0.236. The molecular formula is C17H16N6O. The largest absolute Gasteiger partial charge is 0.437 e. The molecule has 0 atom stereocenters. The Hall–Kier alpha value is -3.27. The molecule has 2 aromatic heterocycles. The molecule has 0 aliphatic heterocycles. The summed E-state index contributed by atoms with van der Waals surface area (Å²) in [5.74, 6) is 0.816. The van der Waals surface area contributed by atoms with Gasteiger partial charge in [-0.2, -0.15) is 15.5 Å². The third-order valence-corrected chi connectivity index (χ3v) is 3.66. The molecule has 0 radical (unpaired) electrons. The van der Waals surface area contributed by atoms with Gasteiger partial charge in [-0.05, 0) is 42.7 Å². The Labute approximate surface area is 139 Å². The maximum atomic E-state index is 9.48. The van der Waals surface area contributed by atoms with Crippen molar-refractivity contribution >= 4 is 0 Å². The summed E-state index contributed by atoms with van der Waals surface area (Å²) in [6, 6.07) is 9.48. The van der Waals surface area contributed by atoms with Crippen LogP contribution in [0.5, 0.6) is 11.6 Å². The smallest absolute Gasteiger partial charge is 0.257 e. The minimum absolute atomic E-state index is 0.236. The van der Waals surface area contributed by atoms with Crippen LogP contribution < -0.4 is 4.74 Å². The molecule has 1 aromatic carbocycles. The van der Waals surface area contributed by atoms with Crippen LogP contribution in [0.1, 0.15) is 30.7 Å². The van der Waals surface area contributed by atoms with Gasteiger partial charge in [-0.3, -0.25) is 0 Å². The molecule has 0 saturated carbocycles. The van der Waals surface area contributed by atoms with E-state index in [1.165, 1.54) is 6.33 Å². The Kier molecular flexibility index (Phi) is 4.47. The van der Waals surface area contributed by atoms with Gasteiger partial charge in [0.2, 0.25) is 0 Å². The summed E-state index contributed by atoms with van der Waals surface area (Å²) in [7, 11) is 0. The second kappa shape index (κ2) is 6.87. The predicted octanol–water partition coefficient (Wildman–Crippen LogP) is 2.85. The van der Waals surface area contributed by atoms with Gasteiger partial charge in [0.25, 0.3) is 5.88 Å². The van der Waals surface area contributed by atoms with Crippen LogP contribution in [0.15, 0.2) is 36.9 Å². The van der Waals surface area contributed by atoms with Crippen molar-refractivity contribution in [3.8, 4) is 23.4 Å². The fourth-order valence-electron chi connectivity index (χ4n) is 2.46. The number of nitriles is 1. The van der Waals surface area contributed by atoms with E-state index in [-0.39, 0.29) is 5.88 Å². The number of hydrogen-bond acceptors (Lipinski definition) is 6.